The van der Waals surface area contributed by atoms with Crippen molar-refractivity contribution in [3.8, 4) is 0 Å². The molecule has 0 fully saturated rings. The van der Waals surface area contributed by atoms with Crippen molar-refractivity contribution < 1.29 is 0 Å². The van der Waals surface area contributed by atoms with E-state index in [9.17, 15) is 0 Å². The maximum atomic E-state index is 6.06. The fourth-order valence-corrected chi connectivity index (χ4v) is 2.13. The Morgan fingerprint density at radius 2 is 2.00 bits per heavy atom. The Bertz CT molecular complexity index is 568. The first-order valence-corrected chi connectivity index (χ1v) is 6.43. The van der Waals surface area contributed by atoms with Crippen LogP contribution in [0, 0.1) is 6.92 Å². The minimum absolute atomic E-state index is 0.465. The molecule has 0 atom stereocenters. The zero-order valence-electron chi connectivity index (χ0n) is 10.9. The van der Waals surface area contributed by atoms with E-state index >= 15 is 0 Å². The van der Waals surface area contributed by atoms with E-state index in [4.69, 9.17) is 11.6 Å². The van der Waals surface area contributed by atoms with E-state index in [-0.39, 0.29) is 0 Å². The lowest BCUT2D eigenvalue weighted by Gasteiger charge is -2.08. The molecule has 0 radical (unpaired) electrons. The van der Waals surface area contributed by atoms with Crippen molar-refractivity contribution in [1.82, 2.24) is 4.57 Å². The molecule has 0 N–H and O–H groups in total. The van der Waals surface area contributed by atoms with E-state index in [0.29, 0.717) is 11.1 Å². The molecule has 0 saturated heterocycles. The maximum absolute atomic E-state index is 6.06. The highest BCUT2D eigenvalue weighted by Gasteiger charge is 2.03. The molecule has 0 aliphatic rings. The molecule has 1 aromatic heterocycles. The monoisotopic (exact) mass is 260 g/mol. The molecule has 94 valence electrons. The number of para-hydroxylation sites is 1. The predicted molar refractivity (Wildman–Crippen MR) is 78.3 cm³/mol. The zero-order valence-corrected chi connectivity index (χ0v) is 11.6. The Morgan fingerprint density at radius 1 is 1.28 bits per heavy atom. The van der Waals surface area contributed by atoms with Gasteiger partial charge >= 0.3 is 0 Å². The van der Waals surface area contributed by atoms with Gasteiger partial charge < -0.3 is 4.57 Å². The fourth-order valence-electron chi connectivity index (χ4n) is 1.94. The first kappa shape index (κ1) is 12.9. The predicted octanol–water partition coefficient (Wildman–Crippen LogP) is 4.78. The summed E-state index contributed by atoms with van der Waals surface area (Å²) >= 11 is 6.06. The van der Waals surface area contributed by atoms with Crippen molar-refractivity contribution in [2.75, 3.05) is 0 Å². The van der Waals surface area contributed by atoms with Gasteiger partial charge in [-0.15, -0.1) is 0 Å². The van der Waals surface area contributed by atoms with Crippen molar-refractivity contribution in [1.29, 1.82) is 0 Å². The van der Waals surface area contributed by atoms with E-state index in [1.165, 1.54) is 5.69 Å². The molecule has 2 aromatic rings. The van der Waals surface area contributed by atoms with Gasteiger partial charge in [0.1, 0.15) is 0 Å². The van der Waals surface area contributed by atoms with Crippen LogP contribution >= 0.6 is 11.6 Å². The van der Waals surface area contributed by atoms with Crippen molar-refractivity contribution in [2.45, 2.75) is 26.8 Å². The van der Waals surface area contributed by atoms with Crippen molar-refractivity contribution in [3.63, 3.8) is 0 Å². The summed E-state index contributed by atoms with van der Waals surface area (Å²) in [5, 5.41) is 0.675. The third-order valence-corrected chi connectivity index (χ3v) is 3.15. The van der Waals surface area contributed by atoms with Gasteiger partial charge in [-0.1, -0.05) is 23.7 Å². The summed E-state index contributed by atoms with van der Waals surface area (Å²) in [6, 6.07) is 10.2. The highest BCUT2D eigenvalue weighted by atomic mass is 35.5. The summed E-state index contributed by atoms with van der Waals surface area (Å²) in [7, 11) is 0. The molecule has 18 heavy (non-hydrogen) atoms. The molecule has 0 bridgehead atoms. The number of benzene rings is 1. The molecule has 0 aliphatic carbocycles. The molecule has 1 heterocycles. The fraction of sp³-hybridized carbons (Fsp3) is 0.267. The standard InChI is InChI=1S/C15H17ClN2/c1-11(2)18-10-13(8-12(18)3)9-17-15-7-5-4-6-14(15)16/h4-11H,1-3H3. The van der Waals surface area contributed by atoms with Crippen LogP contribution in [0.4, 0.5) is 5.69 Å². The zero-order chi connectivity index (χ0) is 13.1. The molecular formula is C15H17ClN2. The summed E-state index contributed by atoms with van der Waals surface area (Å²) < 4.78 is 2.23. The van der Waals surface area contributed by atoms with Crippen LogP contribution in [0.5, 0.6) is 0 Å². The molecule has 0 saturated carbocycles. The average molecular weight is 261 g/mol. The third-order valence-electron chi connectivity index (χ3n) is 2.83. The number of aryl methyl sites for hydroxylation is 1. The van der Waals surface area contributed by atoms with Gasteiger partial charge in [-0.25, -0.2) is 0 Å². The Balaban J connectivity index is 2.24. The summed E-state index contributed by atoms with van der Waals surface area (Å²) in [5.41, 5.74) is 3.14. The van der Waals surface area contributed by atoms with E-state index in [0.717, 1.165) is 11.3 Å². The van der Waals surface area contributed by atoms with Gasteiger partial charge in [0, 0.05) is 29.7 Å². The van der Waals surface area contributed by atoms with Gasteiger partial charge in [0.15, 0.2) is 0 Å². The highest BCUT2D eigenvalue weighted by Crippen LogP contribution is 2.23. The number of hydrogen-bond donors (Lipinski definition) is 0. The van der Waals surface area contributed by atoms with Gasteiger partial charge in [0.2, 0.25) is 0 Å². The number of aliphatic imine (C=N–C) groups is 1. The molecule has 0 aliphatic heterocycles. The second-order valence-corrected chi connectivity index (χ2v) is 5.03. The van der Waals surface area contributed by atoms with Crippen LogP contribution in [0.1, 0.15) is 31.1 Å². The van der Waals surface area contributed by atoms with Gasteiger partial charge in [-0.2, -0.15) is 0 Å². The van der Waals surface area contributed by atoms with Crippen LogP contribution in [0.2, 0.25) is 5.02 Å². The molecule has 0 amide bonds. The van der Waals surface area contributed by atoms with Gasteiger partial charge in [0.05, 0.1) is 10.7 Å². The Kier molecular flexibility index (Phi) is 3.87. The minimum Gasteiger partial charge on any atom is -0.349 e. The van der Waals surface area contributed by atoms with Crippen LogP contribution in [-0.2, 0) is 0 Å². The van der Waals surface area contributed by atoms with E-state index in [1.807, 2.05) is 30.5 Å². The molecule has 2 rings (SSSR count). The smallest absolute Gasteiger partial charge is 0.0816 e. The lowest BCUT2D eigenvalue weighted by Crippen LogP contribution is -2.00. The number of rotatable bonds is 3. The summed E-state index contributed by atoms with van der Waals surface area (Å²) in [6.07, 6.45) is 3.97. The number of halogens is 1. The number of aromatic nitrogens is 1. The second kappa shape index (κ2) is 5.40. The van der Waals surface area contributed by atoms with Crippen LogP contribution < -0.4 is 0 Å². The quantitative estimate of drug-likeness (QED) is 0.707. The second-order valence-electron chi connectivity index (χ2n) is 4.63. The summed E-state index contributed by atoms with van der Waals surface area (Å²) in [4.78, 5) is 4.42. The maximum Gasteiger partial charge on any atom is 0.0816 e. The average Bonchev–Trinajstić information content (AvgIpc) is 2.70. The highest BCUT2D eigenvalue weighted by molar-refractivity contribution is 6.33. The van der Waals surface area contributed by atoms with E-state index in [2.05, 4.69) is 42.6 Å². The molecular weight excluding hydrogens is 244 g/mol. The summed E-state index contributed by atoms with van der Waals surface area (Å²) in [5.74, 6) is 0. The first-order chi connectivity index (χ1) is 8.58. The minimum atomic E-state index is 0.465. The van der Waals surface area contributed by atoms with Crippen LogP contribution in [-0.4, -0.2) is 10.8 Å². The van der Waals surface area contributed by atoms with Crippen LogP contribution in [0.3, 0.4) is 0 Å². The topological polar surface area (TPSA) is 17.3 Å². The van der Waals surface area contributed by atoms with Crippen molar-refractivity contribution in [2.24, 2.45) is 4.99 Å². The Hall–Kier alpha value is -1.54. The molecule has 3 heteroatoms. The molecule has 0 unspecified atom stereocenters. The number of nitrogens with zero attached hydrogens (tertiary/aromatic N) is 2. The van der Waals surface area contributed by atoms with E-state index < -0.39 is 0 Å². The van der Waals surface area contributed by atoms with E-state index in [1.54, 1.807) is 0 Å². The van der Waals surface area contributed by atoms with Crippen molar-refractivity contribution >= 4 is 23.5 Å². The molecule has 0 spiro atoms. The lowest BCUT2D eigenvalue weighted by atomic mass is 10.3. The molecule has 1 aromatic carbocycles. The first-order valence-electron chi connectivity index (χ1n) is 6.05. The lowest BCUT2D eigenvalue weighted by molar-refractivity contribution is 0.589. The SMILES string of the molecule is Cc1cc(C=Nc2ccccc2Cl)cn1C(C)C. The van der Waals surface area contributed by atoms with Gasteiger partial charge in [-0.3, -0.25) is 4.99 Å². The Labute approximate surface area is 113 Å². The van der Waals surface area contributed by atoms with Crippen molar-refractivity contribution in [3.05, 3.63) is 52.8 Å². The van der Waals surface area contributed by atoms with Crippen LogP contribution in [0.15, 0.2) is 41.5 Å². The summed E-state index contributed by atoms with van der Waals surface area (Å²) in [6.45, 7) is 6.44. The Morgan fingerprint density at radius 3 is 2.61 bits per heavy atom. The largest absolute Gasteiger partial charge is 0.349 e. The van der Waals surface area contributed by atoms with Crippen LogP contribution in [0.25, 0.3) is 0 Å². The van der Waals surface area contributed by atoms with Gasteiger partial charge in [0.25, 0.3) is 0 Å². The number of hydrogen-bond acceptors (Lipinski definition) is 1. The normalized spacial score (nSPS) is 11.6. The third kappa shape index (κ3) is 2.82. The van der Waals surface area contributed by atoms with Gasteiger partial charge in [-0.05, 0) is 39.0 Å². The molecule has 2 nitrogen and oxygen atoms in total.